The van der Waals surface area contributed by atoms with E-state index in [1.165, 1.54) is 24.5 Å². The molecule has 1 aliphatic heterocycles. The first-order valence-corrected chi connectivity index (χ1v) is 11.1. The van der Waals surface area contributed by atoms with Crippen molar-refractivity contribution in [3.63, 3.8) is 0 Å². The predicted octanol–water partition coefficient (Wildman–Crippen LogP) is 0.442. The van der Waals surface area contributed by atoms with Gasteiger partial charge in [-0.2, -0.15) is 17.4 Å². The van der Waals surface area contributed by atoms with Gasteiger partial charge in [-0.25, -0.2) is 12.7 Å². The summed E-state index contributed by atoms with van der Waals surface area (Å²) in [4.78, 5) is 0.633. The topological polar surface area (TPSA) is 96.0 Å². The van der Waals surface area contributed by atoms with Crippen LogP contribution in [0.3, 0.4) is 0 Å². The minimum atomic E-state index is -3.64. The molecule has 8 nitrogen and oxygen atoms in total. The molecule has 11 heteroatoms. The number of hydrogen-bond acceptors (Lipinski definition) is 6. The lowest BCUT2D eigenvalue weighted by Gasteiger charge is -2.34. The van der Waals surface area contributed by atoms with Gasteiger partial charge in [0, 0.05) is 38.6 Å². The van der Waals surface area contributed by atoms with Crippen molar-refractivity contribution < 1.29 is 21.6 Å². The summed E-state index contributed by atoms with van der Waals surface area (Å²) >= 11 is 1.06. The van der Waals surface area contributed by atoms with E-state index in [1.807, 2.05) is 13.8 Å². The summed E-state index contributed by atoms with van der Waals surface area (Å²) in [6.45, 7) is 4.30. The molecular formula is C13H23N3O5S3. The van der Waals surface area contributed by atoms with E-state index in [1.54, 1.807) is 6.07 Å². The first-order valence-electron chi connectivity index (χ1n) is 7.44. The summed E-state index contributed by atoms with van der Waals surface area (Å²) in [5, 5.41) is 0. The number of thiophene rings is 1. The van der Waals surface area contributed by atoms with Crippen LogP contribution in [0.2, 0.25) is 0 Å². The van der Waals surface area contributed by atoms with E-state index < -0.39 is 20.2 Å². The SMILES string of the molecule is CC1CN(S(=O)(=O)NCc2ccc(S(=O)(=O)N(C)C)s2)CC(C)O1. The van der Waals surface area contributed by atoms with Crippen molar-refractivity contribution in [3.05, 3.63) is 17.0 Å². The minimum absolute atomic E-state index is 0.0517. The van der Waals surface area contributed by atoms with Gasteiger partial charge in [0.25, 0.3) is 20.2 Å². The number of hydrogen-bond donors (Lipinski definition) is 1. The molecule has 0 amide bonds. The molecule has 1 fully saturated rings. The van der Waals surface area contributed by atoms with Crippen LogP contribution < -0.4 is 4.72 Å². The summed E-state index contributed by atoms with van der Waals surface area (Å²) in [5.41, 5.74) is 0. The molecule has 2 unspecified atom stereocenters. The smallest absolute Gasteiger partial charge is 0.279 e. The standard InChI is InChI=1S/C13H23N3O5S3/c1-10-8-16(9-11(2)21-10)24(19,20)14-7-12-5-6-13(22-12)23(17,18)15(3)4/h5-6,10-11,14H,7-9H2,1-4H3. The molecule has 24 heavy (non-hydrogen) atoms. The fourth-order valence-corrected chi connectivity index (χ4v) is 6.24. The van der Waals surface area contributed by atoms with Crippen LogP contribution in [0.15, 0.2) is 16.3 Å². The van der Waals surface area contributed by atoms with Crippen molar-refractivity contribution in [3.8, 4) is 0 Å². The fourth-order valence-electron chi connectivity index (χ4n) is 2.35. The van der Waals surface area contributed by atoms with Crippen LogP contribution in [0.1, 0.15) is 18.7 Å². The van der Waals surface area contributed by atoms with Crippen LogP contribution in [0.5, 0.6) is 0 Å². The van der Waals surface area contributed by atoms with Gasteiger partial charge in [0.15, 0.2) is 0 Å². The molecule has 138 valence electrons. The van der Waals surface area contributed by atoms with Gasteiger partial charge in [-0.3, -0.25) is 0 Å². The van der Waals surface area contributed by atoms with Gasteiger partial charge in [-0.05, 0) is 26.0 Å². The highest BCUT2D eigenvalue weighted by molar-refractivity contribution is 7.91. The Balaban J connectivity index is 2.04. The Hall–Kier alpha value is -0.560. The average Bonchev–Trinajstić information content (AvgIpc) is 2.93. The molecule has 2 rings (SSSR count). The lowest BCUT2D eigenvalue weighted by Crippen LogP contribution is -2.51. The second kappa shape index (κ2) is 7.36. The lowest BCUT2D eigenvalue weighted by molar-refractivity contribution is -0.0444. The summed E-state index contributed by atoms with van der Waals surface area (Å²) in [6, 6.07) is 3.11. The Morgan fingerprint density at radius 1 is 1.21 bits per heavy atom. The van der Waals surface area contributed by atoms with Gasteiger partial charge in [-0.1, -0.05) is 0 Å². The average molecular weight is 398 g/mol. The second-order valence-corrected chi connectivity index (χ2v) is 11.2. The van der Waals surface area contributed by atoms with Gasteiger partial charge < -0.3 is 4.74 Å². The molecule has 2 atom stereocenters. The number of nitrogens with zero attached hydrogens (tertiary/aromatic N) is 2. The summed E-state index contributed by atoms with van der Waals surface area (Å²) in [6.07, 6.45) is -0.326. The summed E-state index contributed by atoms with van der Waals surface area (Å²) < 4.78 is 59.6. The Kier molecular flexibility index (Phi) is 6.06. The first kappa shape index (κ1) is 19.8. The molecule has 0 aliphatic carbocycles. The third-order valence-electron chi connectivity index (χ3n) is 3.53. The molecule has 0 bridgehead atoms. The van der Waals surface area contributed by atoms with E-state index in [-0.39, 0.29) is 23.0 Å². The fraction of sp³-hybridized carbons (Fsp3) is 0.692. The molecular weight excluding hydrogens is 374 g/mol. The minimum Gasteiger partial charge on any atom is -0.373 e. The maximum absolute atomic E-state index is 12.4. The Morgan fingerprint density at radius 2 is 1.79 bits per heavy atom. The van der Waals surface area contributed by atoms with Crippen LogP contribution in [0.25, 0.3) is 0 Å². The van der Waals surface area contributed by atoms with Gasteiger partial charge in [0.05, 0.1) is 12.2 Å². The Bertz CT molecular complexity index is 763. The predicted molar refractivity (Wildman–Crippen MR) is 92.5 cm³/mol. The van der Waals surface area contributed by atoms with Crippen molar-refractivity contribution in [2.75, 3.05) is 27.2 Å². The number of nitrogens with one attached hydrogen (secondary N) is 1. The highest BCUT2D eigenvalue weighted by Crippen LogP contribution is 2.24. The highest BCUT2D eigenvalue weighted by atomic mass is 32.2. The van der Waals surface area contributed by atoms with Crippen LogP contribution in [0, 0.1) is 0 Å². The highest BCUT2D eigenvalue weighted by Gasteiger charge is 2.31. The van der Waals surface area contributed by atoms with Crippen LogP contribution in [0.4, 0.5) is 0 Å². The molecule has 1 N–H and O–H groups in total. The van der Waals surface area contributed by atoms with Crippen LogP contribution in [-0.4, -0.2) is 64.8 Å². The van der Waals surface area contributed by atoms with E-state index >= 15 is 0 Å². The molecule has 0 spiro atoms. The van der Waals surface area contributed by atoms with E-state index in [9.17, 15) is 16.8 Å². The van der Waals surface area contributed by atoms with Crippen molar-refractivity contribution >= 4 is 31.6 Å². The van der Waals surface area contributed by atoms with Crippen LogP contribution in [-0.2, 0) is 31.5 Å². The molecule has 0 aromatic carbocycles. The molecule has 0 radical (unpaired) electrons. The molecule has 1 saturated heterocycles. The normalized spacial score (nSPS) is 23.7. The maximum Gasteiger partial charge on any atom is 0.279 e. The zero-order valence-corrected chi connectivity index (χ0v) is 16.5. The zero-order chi connectivity index (χ0) is 18.1. The molecule has 2 heterocycles. The molecule has 1 aromatic rings. The van der Waals surface area contributed by atoms with Crippen molar-refractivity contribution in [1.29, 1.82) is 0 Å². The number of sulfonamides is 1. The van der Waals surface area contributed by atoms with E-state index in [0.29, 0.717) is 18.0 Å². The zero-order valence-electron chi connectivity index (χ0n) is 14.1. The van der Waals surface area contributed by atoms with Crippen molar-refractivity contribution in [1.82, 2.24) is 13.3 Å². The quantitative estimate of drug-likeness (QED) is 0.752. The number of ether oxygens (including phenoxy) is 1. The largest absolute Gasteiger partial charge is 0.373 e. The Morgan fingerprint density at radius 3 is 2.33 bits per heavy atom. The van der Waals surface area contributed by atoms with Gasteiger partial charge >= 0.3 is 0 Å². The summed E-state index contributed by atoms with van der Waals surface area (Å²) in [5.74, 6) is 0. The van der Waals surface area contributed by atoms with Gasteiger partial charge in [-0.15, -0.1) is 11.3 Å². The van der Waals surface area contributed by atoms with E-state index in [2.05, 4.69) is 4.72 Å². The number of rotatable bonds is 6. The maximum atomic E-state index is 12.4. The monoisotopic (exact) mass is 397 g/mol. The van der Waals surface area contributed by atoms with E-state index in [4.69, 9.17) is 4.74 Å². The number of morpholine rings is 1. The van der Waals surface area contributed by atoms with Crippen molar-refractivity contribution in [2.24, 2.45) is 0 Å². The van der Waals surface area contributed by atoms with Crippen molar-refractivity contribution in [2.45, 2.75) is 36.8 Å². The third kappa shape index (κ3) is 4.54. The van der Waals surface area contributed by atoms with Gasteiger partial charge in [0.1, 0.15) is 4.21 Å². The first-order chi connectivity index (χ1) is 11.0. The second-order valence-electron chi connectivity index (χ2n) is 5.91. The summed E-state index contributed by atoms with van der Waals surface area (Å²) in [7, 11) is -4.22. The van der Waals surface area contributed by atoms with Gasteiger partial charge in [0.2, 0.25) is 0 Å². The van der Waals surface area contributed by atoms with Crippen LogP contribution >= 0.6 is 11.3 Å². The lowest BCUT2D eigenvalue weighted by atomic mass is 10.3. The Labute approximate surface area is 147 Å². The molecule has 0 saturated carbocycles. The van der Waals surface area contributed by atoms with E-state index in [0.717, 1.165) is 15.6 Å². The third-order valence-corrected chi connectivity index (χ3v) is 8.38. The molecule has 1 aromatic heterocycles. The molecule has 1 aliphatic rings.